The maximum Gasteiger partial charge on any atom is 0.511 e. The maximum atomic E-state index is 13.6. The van der Waals surface area contributed by atoms with E-state index in [0.29, 0.717) is 22.8 Å². The molecule has 11 heteroatoms. The molecule has 0 spiro atoms. The lowest BCUT2D eigenvalue weighted by Crippen LogP contribution is -2.35. The highest BCUT2D eigenvalue weighted by molar-refractivity contribution is 5.74. The highest BCUT2D eigenvalue weighted by Crippen LogP contribution is 2.43. The van der Waals surface area contributed by atoms with Gasteiger partial charge >= 0.3 is 18.3 Å². The van der Waals surface area contributed by atoms with E-state index in [9.17, 15) is 26.7 Å². The first-order valence-corrected chi connectivity index (χ1v) is 9.11. The smallest absolute Gasteiger partial charge is 0.449 e. The number of carboxylic acid groups (broad SMARTS) is 1. The molecule has 32 heavy (non-hydrogen) atoms. The van der Waals surface area contributed by atoms with Crippen molar-refractivity contribution in [2.45, 2.75) is 25.6 Å². The van der Waals surface area contributed by atoms with Crippen molar-refractivity contribution in [3.63, 3.8) is 0 Å². The number of carbonyl (C=O) groups is 1. The van der Waals surface area contributed by atoms with Crippen LogP contribution in [0.3, 0.4) is 0 Å². The Morgan fingerprint density at radius 2 is 1.69 bits per heavy atom. The number of aromatic nitrogens is 2. The van der Waals surface area contributed by atoms with Gasteiger partial charge in [0.15, 0.2) is 0 Å². The minimum Gasteiger partial charge on any atom is -0.449 e. The molecule has 2 N–H and O–H groups in total. The molecule has 0 aliphatic heterocycles. The number of rotatable bonds is 6. The molecule has 0 fully saturated rings. The lowest BCUT2D eigenvalue weighted by molar-refractivity contribution is -0.291. The molecule has 3 rings (SSSR count). The largest absolute Gasteiger partial charge is 0.511 e. The monoisotopic (exact) mass is 453 g/mol. The van der Waals surface area contributed by atoms with Gasteiger partial charge < -0.3 is 15.2 Å². The lowest BCUT2D eigenvalue weighted by Gasteiger charge is -2.19. The van der Waals surface area contributed by atoms with Crippen LogP contribution in [0.25, 0.3) is 11.1 Å². The SMILES string of the molecule is Cc1nc(NCc2ccc(-c3ccccc3OC(=O)O)cc2)cc(C(F)(F)C(F)(F)F)n1. The summed E-state index contributed by atoms with van der Waals surface area (Å²) in [4.78, 5) is 17.9. The topological polar surface area (TPSA) is 84.3 Å². The molecule has 1 heterocycles. The number of anilines is 1. The van der Waals surface area contributed by atoms with E-state index in [2.05, 4.69) is 15.3 Å². The van der Waals surface area contributed by atoms with Gasteiger partial charge in [-0.25, -0.2) is 14.8 Å². The van der Waals surface area contributed by atoms with Crippen molar-refractivity contribution in [2.24, 2.45) is 0 Å². The first-order valence-electron chi connectivity index (χ1n) is 9.11. The minimum atomic E-state index is -5.78. The number of alkyl halides is 5. The van der Waals surface area contributed by atoms with Crippen molar-refractivity contribution in [2.75, 3.05) is 5.32 Å². The molecular weight excluding hydrogens is 437 g/mol. The van der Waals surface area contributed by atoms with E-state index in [0.717, 1.165) is 0 Å². The van der Waals surface area contributed by atoms with Gasteiger partial charge in [-0.1, -0.05) is 42.5 Å². The van der Waals surface area contributed by atoms with Gasteiger partial charge in [-0.2, -0.15) is 22.0 Å². The molecule has 0 aliphatic carbocycles. The van der Waals surface area contributed by atoms with Crippen LogP contribution in [0.15, 0.2) is 54.6 Å². The van der Waals surface area contributed by atoms with Crippen LogP contribution in [0.2, 0.25) is 0 Å². The summed E-state index contributed by atoms with van der Waals surface area (Å²) in [6, 6.07) is 13.8. The Morgan fingerprint density at radius 1 is 1.03 bits per heavy atom. The van der Waals surface area contributed by atoms with Crippen molar-refractivity contribution < 1.29 is 36.6 Å². The van der Waals surface area contributed by atoms with Crippen molar-refractivity contribution in [1.82, 2.24) is 9.97 Å². The van der Waals surface area contributed by atoms with Gasteiger partial charge in [-0.3, -0.25) is 0 Å². The van der Waals surface area contributed by atoms with Crippen molar-refractivity contribution in [3.05, 3.63) is 71.7 Å². The summed E-state index contributed by atoms with van der Waals surface area (Å²) in [5.74, 6) is -5.37. The summed E-state index contributed by atoms with van der Waals surface area (Å²) >= 11 is 0. The van der Waals surface area contributed by atoms with Crippen LogP contribution in [0.5, 0.6) is 5.75 Å². The van der Waals surface area contributed by atoms with Crippen molar-refractivity contribution in [1.29, 1.82) is 0 Å². The predicted octanol–water partition coefficient (Wildman–Crippen LogP) is 5.78. The van der Waals surface area contributed by atoms with Crippen LogP contribution in [0.1, 0.15) is 17.1 Å². The molecule has 0 saturated heterocycles. The number of aryl methyl sites for hydroxylation is 1. The Kier molecular flexibility index (Phi) is 6.28. The second kappa shape index (κ2) is 8.77. The van der Waals surface area contributed by atoms with Gasteiger partial charge in [0, 0.05) is 18.2 Å². The van der Waals surface area contributed by atoms with E-state index in [-0.39, 0.29) is 23.9 Å². The average molecular weight is 453 g/mol. The van der Waals surface area contributed by atoms with Crippen LogP contribution in [0.4, 0.5) is 32.6 Å². The Bertz CT molecular complexity index is 1120. The molecule has 0 atom stereocenters. The van der Waals surface area contributed by atoms with Gasteiger partial charge in [-0.05, 0) is 24.1 Å². The minimum absolute atomic E-state index is 0.0844. The van der Waals surface area contributed by atoms with E-state index >= 15 is 0 Å². The molecule has 1 aromatic heterocycles. The molecule has 0 radical (unpaired) electrons. The molecule has 0 amide bonds. The average Bonchev–Trinajstić information content (AvgIpc) is 2.71. The predicted molar refractivity (Wildman–Crippen MR) is 105 cm³/mol. The van der Waals surface area contributed by atoms with Crippen LogP contribution in [-0.4, -0.2) is 27.4 Å². The molecule has 168 valence electrons. The fraction of sp³-hybridized carbons (Fsp3) is 0.190. The molecule has 0 unspecified atom stereocenters. The zero-order chi connectivity index (χ0) is 23.5. The van der Waals surface area contributed by atoms with Crippen LogP contribution in [0, 0.1) is 6.92 Å². The van der Waals surface area contributed by atoms with Gasteiger partial charge in [-0.15, -0.1) is 0 Å². The van der Waals surface area contributed by atoms with E-state index in [1.807, 2.05) is 0 Å². The van der Waals surface area contributed by atoms with Gasteiger partial charge in [0.25, 0.3) is 0 Å². The molecule has 0 saturated carbocycles. The van der Waals surface area contributed by atoms with Gasteiger partial charge in [0.1, 0.15) is 23.1 Å². The third kappa shape index (κ3) is 5.10. The third-order valence-corrected chi connectivity index (χ3v) is 4.34. The summed E-state index contributed by atoms with van der Waals surface area (Å²) in [6.07, 6.45) is -7.23. The van der Waals surface area contributed by atoms with Crippen LogP contribution < -0.4 is 10.1 Å². The fourth-order valence-corrected chi connectivity index (χ4v) is 2.85. The highest BCUT2D eigenvalue weighted by Gasteiger charge is 2.60. The Balaban J connectivity index is 1.76. The Labute approximate surface area is 178 Å². The third-order valence-electron chi connectivity index (χ3n) is 4.34. The maximum absolute atomic E-state index is 13.6. The standard InChI is InChI=1S/C21H16F5N3O3/c1-12-28-17(20(22,23)21(24,25)26)10-18(29-12)27-11-13-6-8-14(9-7-13)15-4-2-3-5-16(15)32-19(30)31/h2-10H,11H2,1H3,(H,30,31)(H,27,28,29). The van der Waals surface area contributed by atoms with E-state index in [1.54, 1.807) is 42.5 Å². The number of ether oxygens (including phenoxy) is 1. The lowest BCUT2D eigenvalue weighted by atomic mass is 10.0. The number of hydrogen-bond acceptors (Lipinski definition) is 5. The van der Waals surface area contributed by atoms with E-state index in [1.165, 1.54) is 13.0 Å². The second-order valence-electron chi connectivity index (χ2n) is 6.67. The number of nitrogens with zero attached hydrogens (tertiary/aromatic N) is 2. The number of halogens is 5. The van der Waals surface area contributed by atoms with Gasteiger partial charge in [0.2, 0.25) is 0 Å². The number of para-hydroxylation sites is 1. The van der Waals surface area contributed by atoms with E-state index < -0.39 is 23.9 Å². The zero-order valence-corrected chi connectivity index (χ0v) is 16.5. The first-order chi connectivity index (χ1) is 15.0. The quantitative estimate of drug-likeness (QED) is 0.280. The fourth-order valence-electron chi connectivity index (χ4n) is 2.85. The Morgan fingerprint density at radius 3 is 2.31 bits per heavy atom. The van der Waals surface area contributed by atoms with E-state index in [4.69, 9.17) is 9.84 Å². The summed E-state index contributed by atoms with van der Waals surface area (Å²) in [6.45, 7) is 1.30. The second-order valence-corrected chi connectivity index (χ2v) is 6.67. The summed E-state index contributed by atoms with van der Waals surface area (Å²) < 4.78 is 69.9. The number of hydrogen-bond donors (Lipinski definition) is 2. The molecule has 2 aromatic carbocycles. The first kappa shape index (κ1) is 22.9. The molecule has 6 nitrogen and oxygen atoms in total. The number of nitrogens with one attached hydrogen (secondary N) is 1. The number of benzene rings is 2. The van der Waals surface area contributed by atoms with Gasteiger partial charge in [0.05, 0.1) is 0 Å². The molecule has 0 aliphatic rings. The normalized spacial score (nSPS) is 11.8. The highest BCUT2D eigenvalue weighted by atomic mass is 19.4. The summed E-state index contributed by atoms with van der Waals surface area (Å²) in [7, 11) is 0. The molecule has 3 aromatic rings. The van der Waals surface area contributed by atoms with Crippen LogP contribution in [-0.2, 0) is 12.5 Å². The zero-order valence-electron chi connectivity index (χ0n) is 16.5. The molecular formula is C21H16F5N3O3. The molecule has 0 bridgehead atoms. The van der Waals surface area contributed by atoms with Crippen molar-refractivity contribution >= 4 is 12.0 Å². The summed E-state index contributed by atoms with van der Waals surface area (Å²) in [5.41, 5.74) is 0.437. The van der Waals surface area contributed by atoms with Crippen molar-refractivity contribution in [3.8, 4) is 16.9 Å². The van der Waals surface area contributed by atoms with Crippen LogP contribution >= 0.6 is 0 Å². The Hall–Kier alpha value is -3.76. The summed E-state index contributed by atoms with van der Waals surface area (Å²) in [5, 5.41) is 11.6.